The van der Waals surface area contributed by atoms with E-state index in [2.05, 4.69) is 37.4 Å². The van der Waals surface area contributed by atoms with Crippen molar-refractivity contribution in [3.63, 3.8) is 0 Å². The number of ether oxygens (including phenoxy) is 2. The van der Waals surface area contributed by atoms with Gasteiger partial charge in [-0.3, -0.25) is 0 Å². The maximum atomic E-state index is 5.90. The quantitative estimate of drug-likeness (QED) is 0.839. The largest absolute Gasteiger partial charge is 0.488 e. The minimum atomic E-state index is 0.260. The van der Waals surface area contributed by atoms with E-state index >= 15 is 0 Å². The van der Waals surface area contributed by atoms with Gasteiger partial charge in [0.25, 0.3) is 0 Å². The van der Waals surface area contributed by atoms with Crippen molar-refractivity contribution < 1.29 is 9.47 Å². The van der Waals surface area contributed by atoms with E-state index in [0.29, 0.717) is 0 Å². The minimum absolute atomic E-state index is 0.260. The summed E-state index contributed by atoms with van der Waals surface area (Å²) in [4.78, 5) is 0. The van der Waals surface area contributed by atoms with E-state index in [1.54, 1.807) is 0 Å². The first kappa shape index (κ1) is 13.4. The van der Waals surface area contributed by atoms with Gasteiger partial charge in [0.2, 0.25) is 0 Å². The molecule has 0 radical (unpaired) electrons. The van der Waals surface area contributed by atoms with E-state index in [-0.39, 0.29) is 12.2 Å². The van der Waals surface area contributed by atoms with Gasteiger partial charge in [0.1, 0.15) is 11.9 Å². The van der Waals surface area contributed by atoms with Crippen LogP contribution in [0.4, 0.5) is 0 Å². The summed E-state index contributed by atoms with van der Waals surface area (Å²) in [5.74, 6) is 1.05. The Kier molecular flexibility index (Phi) is 4.61. The van der Waals surface area contributed by atoms with Crippen molar-refractivity contribution in [1.29, 1.82) is 0 Å². The summed E-state index contributed by atoms with van der Waals surface area (Å²) in [6.07, 6.45) is 1.53. The SMILES string of the molecule is CCOC(C)CNCC1Cc2cc(C)ccc2O1. The molecule has 0 saturated heterocycles. The van der Waals surface area contributed by atoms with Gasteiger partial charge in [0, 0.05) is 26.1 Å². The molecule has 3 nitrogen and oxygen atoms in total. The molecule has 0 aromatic heterocycles. The van der Waals surface area contributed by atoms with Crippen LogP contribution >= 0.6 is 0 Å². The molecule has 100 valence electrons. The topological polar surface area (TPSA) is 30.5 Å². The molecule has 1 aromatic rings. The van der Waals surface area contributed by atoms with Crippen LogP contribution in [0.3, 0.4) is 0 Å². The Balaban J connectivity index is 1.74. The van der Waals surface area contributed by atoms with Crippen molar-refractivity contribution in [2.24, 2.45) is 0 Å². The third kappa shape index (κ3) is 3.47. The zero-order valence-electron chi connectivity index (χ0n) is 11.5. The summed E-state index contributed by atoms with van der Waals surface area (Å²) in [5.41, 5.74) is 2.63. The minimum Gasteiger partial charge on any atom is -0.488 e. The Morgan fingerprint density at radius 3 is 3.11 bits per heavy atom. The molecular weight excluding hydrogens is 226 g/mol. The predicted octanol–water partition coefficient (Wildman–Crippen LogP) is 2.31. The fourth-order valence-electron chi connectivity index (χ4n) is 2.35. The maximum Gasteiger partial charge on any atom is 0.123 e. The summed E-state index contributed by atoms with van der Waals surface area (Å²) in [6, 6.07) is 6.40. The first-order valence-corrected chi connectivity index (χ1v) is 6.77. The first-order chi connectivity index (χ1) is 8.69. The van der Waals surface area contributed by atoms with Gasteiger partial charge in [-0.25, -0.2) is 0 Å². The van der Waals surface area contributed by atoms with Crippen LogP contribution in [0.2, 0.25) is 0 Å². The second-order valence-corrected chi connectivity index (χ2v) is 4.98. The average molecular weight is 249 g/mol. The molecule has 0 aliphatic carbocycles. The molecule has 3 heteroatoms. The lowest BCUT2D eigenvalue weighted by Crippen LogP contribution is -2.35. The highest BCUT2D eigenvalue weighted by Gasteiger charge is 2.22. The fraction of sp³-hybridized carbons (Fsp3) is 0.600. The number of rotatable bonds is 6. The summed E-state index contributed by atoms with van der Waals surface area (Å²) in [5, 5.41) is 3.41. The van der Waals surface area contributed by atoms with Gasteiger partial charge in [-0.05, 0) is 32.4 Å². The number of hydrogen-bond acceptors (Lipinski definition) is 3. The van der Waals surface area contributed by atoms with Crippen LogP contribution in [0, 0.1) is 6.92 Å². The van der Waals surface area contributed by atoms with Gasteiger partial charge < -0.3 is 14.8 Å². The van der Waals surface area contributed by atoms with Gasteiger partial charge in [-0.15, -0.1) is 0 Å². The standard InChI is InChI=1S/C15H23NO2/c1-4-17-12(3)9-16-10-14-8-13-7-11(2)5-6-15(13)18-14/h5-7,12,14,16H,4,8-10H2,1-3H3. The lowest BCUT2D eigenvalue weighted by Gasteiger charge is -2.15. The van der Waals surface area contributed by atoms with Gasteiger partial charge in [0.05, 0.1) is 6.10 Å². The normalized spacial score (nSPS) is 19.4. The first-order valence-electron chi connectivity index (χ1n) is 6.77. The highest BCUT2D eigenvalue weighted by atomic mass is 16.5. The Labute approximate surface area is 109 Å². The zero-order chi connectivity index (χ0) is 13.0. The van der Waals surface area contributed by atoms with Crippen LogP contribution in [0.15, 0.2) is 18.2 Å². The number of nitrogens with one attached hydrogen (secondary N) is 1. The molecule has 2 unspecified atom stereocenters. The Morgan fingerprint density at radius 1 is 1.50 bits per heavy atom. The highest BCUT2D eigenvalue weighted by molar-refractivity contribution is 5.40. The summed E-state index contributed by atoms with van der Waals surface area (Å²) in [7, 11) is 0. The molecule has 1 aliphatic heterocycles. The van der Waals surface area contributed by atoms with Gasteiger partial charge >= 0.3 is 0 Å². The molecule has 0 bridgehead atoms. The van der Waals surface area contributed by atoms with E-state index in [4.69, 9.17) is 9.47 Å². The van der Waals surface area contributed by atoms with Crippen LogP contribution in [0.1, 0.15) is 25.0 Å². The average Bonchev–Trinajstić information content (AvgIpc) is 2.71. The van der Waals surface area contributed by atoms with Crippen molar-refractivity contribution in [3.05, 3.63) is 29.3 Å². The summed E-state index contributed by atoms with van der Waals surface area (Å²) < 4.78 is 11.4. The lowest BCUT2D eigenvalue weighted by molar-refractivity contribution is 0.0740. The molecule has 2 atom stereocenters. The van der Waals surface area contributed by atoms with Crippen molar-refractivity contribution in [2.45, 2.75) is 39.4 Å². The second-order valence-electron chi connectivity index (χ2n) is 4.98. The van der Waals surface area contributed by atoms with E-state index in [1.807, 2.05) is 6.92 Å². The zero-order valence-corrected chi connectivity index (χ0v) is 11.5. The van der Waals surface area contributed by atoms with Crippen LogP contribution in [0.5, 0.6) is 5.75 Å². The summed E-state index contributed by atoms with van der Waals surface area (Å²) in [6.45, 7) is 8.76. The van der Waals surface area contributed by atoms with Crippen molar-refractivity contribution in [1.82, 2.24) is 5.32 Å². The highest BCUT2D eigenvalue weighted by Crippen LogP contribution is 2.29. The van der Waals surface area contributed by atoms with E-state index in [1.165, 1.54) is 11.1 Å². The molecule has 0 amide bonds. The van der Waals surface area contributed by atoms with E-state index < -0.39 is 0 Å². The third-order valence-corrected chi connectivity index (χ3v) is 3.21. The van der Waals surface area contributed by atoms with Crippen LogP contribution in [-0.4, -0.2) is 31.9 Å². The Hall–Kier alpha value is -1.06. The molecule has 18 heavy (non-hydrogen) atoms. The van der Waals surface area contributed by atoms with Crippen molar-refractivity contribution in [2.75, 3.05) is 19.7 Å². The molecule has 1 heterocycles. The number of aryl methyl sites for hydroxylation is 1. The summed E-state index contributed by atoms with van der Waals surface area (Å²) >= 11 is 0. The van der Waals surface area contributed by atoms with Crippen LogP contribution in [-0.2, 0) is 11.2 Å². The predicted molar refractivity (Wildman–Crippen MR) is 73.3 cm³/mol. The Morgan fingerprint density at radius 2 is 2.33 bits per heavy atom. The monoisotopic (exact) mass is 249 g/mol. The smallest absolute Gasteiger partial charge is 0.123 e. The van der Waals surface area contributed by atoms with Gasteiger partial charge in [0.15, 0.2) is 0 Å². The van der Waals surface area contributed by atoms with Crippen LogP contribution in [0.25, 0.3) is 0 Å². The maximum absolute atomic E-state index is 5.90. The third-order valence-electron chi connectivity index (χ3n) is 3.21. The molecule has 0 saturated carbocycles. The van der Waals surface area contributed by atoms with Crippen LogP contribution < -0.4 is 10.1 Å². The van der Waals surface area contributed by atoms with Crippen molar-refractivity contribution in [3.8, 4) is 5.75 Å². The molecule has 2 rings (SSSR count). The molecule has 0 spiro atoms. The molecular formula is C15H23NO2. The lowest BCUT2D eigenvalue weighted by atomic mass is 10.1. The number of fused-ring (bicyclic) bond motifs is 1. The second kappa shape index (κ2) is 6.21. The van der Waals surface area contributed by atoms with Gasteiger partial charge in [-0.2, -0.15) is 0 Å². The van der Waals surface area contributed by atoms with Gasteiger partial charge in [-0.1, -0.05) is 17.7 Å². The molecule has 0 fully saturated rings. The Bertz CT molecular complexity index is 392. The van der Waals surface area contributed by atoms with Crippen molar-refractivity contribution >= 4 is 0 Å². The fourth-order valence-corrected chi connectivity index (χ4v) is 2.35. The molecule has 1 aromatic carbocycles. The molecule has 1 N–H and O–H groups in total. The van der Waals surface area contributed by atoms with E-state index in [0.717, 1.165) is 31.9 Å². The molecule has 1 aliphatic rings. The number of hydrogen-bond donors (Lipinski definition) is 1. The van der Waals surface area contributed by atoms with E-state index in [9.17, 15) is 0 Å². The number of benzene rings is 1.